The Labute approximate surface area is 110 Å². The fraction of sp³-hybridized carbons (Fsp3) is 0.286. The van der Waals surface area contributed by atoms with Crippen LogP contribution in [-0.4, -0.2) is 11.1 Å². The van der Waals surface area contributed by atoms with Gasteiger partial charge < -0.3 is 9.84 Å². The van der Waals surface area contributed by atoms with Crippen LogP contribution in [0.1, 0.15) is 34.3 Å². The molecule has 0 saturated carbocycles. The van der Waals surface area contributed by atoms with Gasteiger partial charge in [-0.25, -0.2) is 4.39 Å². The predicted octanol–water partition coefficient (Wildman–Crippen LogP) is 3.25. The Bertz CT molecular complexity index is 620. The predicted molar refractivity (Wildman–Crippen MR) is 69.7 cm³/mol. The molecule has 0 aliphatic carbocycles. The van der Waals surface area contributed by atoms with Crippen LogP contribution in [0.5, 0.6) is 0 Å². The summed E-state index contributed by atoms with van der Waals surface area (Å²) in [5, 5.41) is 6.35. The lowest BCUT2D eigenvalue weighted by Crippen LogP contribution is -2.15. The van der Waals surface area contributed by atoms with Crippen LogP contribution in [0.25, 0.3) is 0 Å². The topological polar surface area (TPSA) is 55.1 Å². The van der Waals surface area contributed by atoms with Crippen molar-refractivity contribution in [2.24, 2.45) is 0 Å². The molecule has 100 valence electrons. The van der Waals surface area contributed by atoms with Crippen molar-refractivity contribution in [1.29, 1.82) is 0 Å². The van der Waals surface area contributed by atoms with Crippen molar-refractivity contribution in [2.75, 3.05) is 5.32 Å². The first kappa shape index (κ1) is 13.3. The summed E-state index contributed by atoms with van der Waals surface area (Å²) in [4.78, 5) is 12.1. The van der Waals surface area contributed by atoms with E-state index >= 15 is 0 Å². The minimum absolute atomic E-state index is 0.151. The van der Waals surface area contributed by atoms with E-state index in [-0.39, 0.29) is 5.69 Å². The molecule has 1 N–H and O–H groups in total. The molecule has 4 nitrogen and oxygen atoms in total. The molecule has 0 radical (unpaired) electrons. The Morgan fingerprint density at radius 1 is 1.42 bits per heavy atom. The van der Waals surface area contributed by atoms with Crippen LogP contribution < -0.4 is 5.32 Å². The van der Waals surface area contributed by atoms with Gasteiger partial charge in [0.15, 0.2) is 0 Å². The lowest BCUT2D eigenvalue weighted by Gasteiger charge is -2.07. The highest BCUT2D eigenvalue weighted by Gasteiger charge is 2.20. The van der Waals surface area contributed by atoms with Crippen LogP contribution in [-0.2, 0) is 6.42 Å². The van der Waals surface area contributed by atoms with Gasteiger partial charge in [-0.15, -0.1) is 0 Å². The third-order valence-corrected chi connectivity index (χ3v) is 2.87. The van der Waals surface area contributed by atoms with Crippen LogP contribution in [0.3, 0.4) is 0 Å². The number of anilines is 1. The zero-order valence-corrected chi connectivity index (χ0v) is 11.1. The van der Waals surface area contributed by atoms with E-state index < -0.39 is 11.7 Å². The maximum Gasteiger partial charge on any atom is 0.261 e. The average molecular weight is 262 g/mol. The Balaban J connectivity index is 2.28. The highest BCUT2D eigenvalue weighted by molar-refractivity contribution is 6.05. The second-order valence-corrected chi connectivity index (χ2v) is 4.35. The maximum atomic E-state index is 13.7. The summed E-state index contributed by atoms with van der Waals surface area (Å²) in [7, 11) is 0. The van der Waals surface area contributed by atoms with Crippen LogP contribution in [0.15, 0.2) is 22.7 Å². The summed E-state index contributed by atoms with van der Waals surface area (Å²) in [6.45, 7) is 5.32. The van der Waals surface area contributed by atoms with Gasteiger partial charge in [-0.2, -0.15) is 0 Å². The van der Waals surface area contributed by atoms with Gasteiger partial charge in [0, 0.05) is 0 Å². The van der Waals surface area contributed by atoms with E-state index in [1.165, 1.54) is 12.1 Å². The van der Waals surface area contributed by atoms with Crippen molar-refractivity contribution in [1.82, 2.24) is 5.16 Å². The van der Waals surface area contributed by atoms with Crippen molar-refractivity contribution >= 4 is 11.6 Å². The number of halogens is 1. The van der Waals surface area contributed by atoms with Gasteiger partial charge in [0.05, 0.1) is 11.4 Å². The van der Waals surface area contributed by atoms with E-state index in [1.807, 2.05) is 6.92 Å². The van der Waals surface area contributed by atoms with Crippen molar-refractivity contribution in [3.8, 4) is 0 Å². The number of carbonyl (C=O) groups excluding carboxylic acids is 1. The minimum atomic E-state index is -0.458. The molecule has 2 aromatic rings. The number of hydrogen-bond donors (Lipinski definition) is 1. The monoisotopic (exact) mass is 262 g/mol. The number of nitrogens with one attached hydrogen (secondary N) is 1. The fourth-order valence-electron chi connectivity index (χ4n) is 1.86. The van der Waals surface area contributed by atoms with Gasteiger partial charge in [-0.05, 0) is 38.0 Å². The SMILES string of the molecule is CCc1noc(C)c1C(=O)Nc1ccc(C)cc1F. The molecule has 1 aromatic carbocycles. The first-order chi connectivity index (χ1) is 9.02. The van der Waals surface area contributed by atoms with Crippen LogP contribution in [0, 0.1) is 19.7 Å². The molecule has 1 heterocycles. The van der Waals surface area contributed by atoms with E-state index in [4.69, 9.17) is 4.52 Å². The third kappa shape index (κ3) is 2.65. The molecule has 0 unspecified atom stereocenters. The van der Waals surface area contributed by atoms with Crippen molar-refractivity contribution < 1.29 is 13.7 Å². The van der Waals surface area contributed by atoms with E-state index in [0.717, 1.165) is 5.56 Å². The smallest absolute Gasteiger partial charge is 0.261 e. The molecule has 0 bridgehead atoms. The zero-order chi connectivity index (χ0) is 14.0. The van der Waals surface area contributed by atoms with Gasteiger partial charge in [-0.3, -0.25) is 4.79 Å². The van der Waals surface area contributed by atoms with Gasteiger partial charge in [0.25, 0.3) is 5.91 Å². The molecule has 5 heteroatoms. The second kappa shape index (κ2) is 5.22. The van der Waals surface area contributed by atoms with Crippen LogP contribution >= 0.6 is 0 Å². The number of nitrogens with zero attached hydrogens (tertiary/aromatic N) is 1. The minimum Gasteiger partial charge on any atom is -0.361 e. The first-order valence-corrected chi connectivity index (χ1v) is 6.05. The largest absolute Gasteiger partial charge is 0.361 e. The van der Waals surface area contributed by atoms with Crippen LogP contribution in [0.4, 0.5) is 10.1 Å². The molecule has 1 amide bonds. The Morgan fingerprint density at radius 3 is 2.79 bits per heavy atom. The van der Waals surface area contributed by atoms with E-state index in [0.29, 0.717) is 23.4 Å². The summed E-state index contributed by atoms with van der Waals surface area (Å²) in [5.41, 5.74) is 1.90. The van der Waals surface area contributed by atoms with E-state index in [2.05, 4.69) is 10.5 Å². The van der Waals surface area contributed by atoms with Crippen molar-refractivity contribution in [3.63, 3.8) is 0 Å². The number of aryl methyl sites for hydroxylation is 3. The molecule has 0 saturated heterocycles. The van der Waals surface area contributed by atoms with Gasteiger partial charge in [0.2, 0.25) is 0 Å². The molecule has 0 aliphatic heterocycles. The normalized spacial score (nSPS) is 10.5. The summed E-state index contributed by atoms with van der Waals surface area (Å²) < 4.78 is 18.7. The first-order valence-electron chi connectivity index (χ1n) is 6.05. The quantitative estimate of drug-likeness (QED) is 0.923. The van der Waals surface area contributed by atoms with E-state index in [1.54, 1.807) is 19.9 Å². The van der Waals surface area contributed by atoms with Crippen LogP contribution in [0.2, 0.25) is 0 Å². The molecule has 19 heavy (non-hydrogen) atoms. The molecule has 1 aromatic heterocycles. The number of hydrogen-bond acceptors (Lipinski definition) is 3. The number of aromatic nitrogens is 1. The summed E-state index contributed by atoms with van der Waals surface area (Å²) in [6.07, 6.45) is 0.580. The standard InChI is InChI=1S/C14H15FN2O2/c1-4-11-13(9(3)19-17-11)14(18)16-12-6-5-8(2)7-10(12)15/h5-7H,4H2,1-3H3,(H,16,18). The average Bonchev–Trinajstić information content (AvgIpc) is 2.74. The van der Waals surface area contributed by atoms with E-state index in [9.17, 15) is 9.18 Å². The number of rotatable bonds is 3. The summed E-state index contributed by atoms with van der Waals surface area (Å²) in [5.74, 6) is -0.430. The Morgan fingerprint density at radius 2 is 2.16 bits per heavy atom. The van der Waals surface area contributed by atoms with Crippen molar-refractivity contribution in [2.45, 2.75) is 27.2 Å². The van der Waals surface area contributed by atoms with Gasteiger partial charge in [-0.1, -0.05) is 18.1 Å². The maximum absolute atomic E-state index is 13.7. The molecular formula is C14H15FN2O2. The molecule has 0 aliphatic rings. The number of benzene rings is 1. The van der Waals surface area contributed by atoms with Crippen molar-refractivity contribution in [3.05, 3.63) is 46.6 Å². The highest BCUT2D eigenvalue weighted by atomic mass is 19.1. The lowest BCUT2D eigenvalue weighted by atomic mass is 10.1. The third-order valence-electron chi connectivity index (χ3n) is 2.87. The lowest BCUT2D eigenvalue weighted by molar-refractivity contribution is 0.102. The molecular weight excluding hydrogens is 247 g/mol. The Hall–Kier alpha value is -2.17. The summed E-state index contributed by atoms with van der Waals surface area (Å²) >= 11 is 0. The molecule has 0 atom stereocenters. The van der Waals surface area contributed by atoms with Gasteiger partial charge >= 0.3 is 0 Å². The number of amides is 1. The summed E-state index contributed by atoms with van der Waals surface area (Å²) in [6, 6.07) is 4.65. The Kier molecular flexibility index (Phi) is 3.64. The highest BCUT2D eigenvalue weighted by Crippen LogP contribution is 2.19. The number of carbonyl (C=O) groups is 1. The fourth-order valence-corrected chi connectivity index (χ4v) is 1.86. The molecule has 2 rings (SSSR count). The van der Waals surface area contributed by atoms with Gasteiger partial charge in [0.1, 0.15) is 17.1 Å². The second-order valence-electron chi connectivity index (χ2n) is 4.35. The molecule has 0 fully saturated rings. The molecule has 0 spiro atoms. The zero-order valence-electron chi connectivity index (χ0n) is 11.1.